The molecule has 0 atom stereocenters. The average molecular weight is 441 g/mol. The molecule has 1 aliphatic heterocycles. The van der Waals surface area contributed by atoms with Gasteiger partial charge in [0.05, 0.1) is 18.5 Å². The van der Waals surface area contributed by atoms with Gasteiger partial charge in [0.25, 0.3) is 0 Å². The molecule has 162 valence electrons. The van der Waals surface area contributed by atoms with Crippen LogP contribution in [-0.4, -0.2) is 46.6 Å². The Balaban J connectivity index is 0.000000339. The van der Waals surface area contributed by atoms with Crippen molar-refractivity contribution in [2.75, 3.05) is 20.2 Å². The Morgan fingerprint density at radius 3 is 2.58 bits per heavy atom. The quantitative estimate of drug-likeness (QED) is 0.648. The Hall–Kier alpha value is -3.23. The number of aliphatic imine (C=N–C) groups is 1. The highest BCUT2D eigenvalue weighted by Crippen LogP contribution is 2.29. The second-order valence-corrected chi connectivity index (χ2v) is 7.26. The number of nitrogens with two attached hydrogens (primary N) is 1. The minimum atomic E-state index is -0.0227. The van der Waals surface area contributed by atoms with E-state index >= 15 is 0 Å². The smallest absolute Gasteiger partial charge is 0.216 e. The number of benzene rings is 2. The van der Waals surface area contributed by atoms with Gasteiger partial charge in [0.1, 0.15) is 18.1 Å². The summed E-state index contributed by atoms with van der Waals surface area (Å²) in [5.41, 5.74) is 8.95. The number of hydrogen-bond acceptors (Lipinski definition) is 6. The van der Waals surface area contributed by atoms with Gasteiger partial charge < -0.3 is 15.8 Å². The van der Waals surface area contributed by atoms with Crippen molar-refractivity contribution in [3.8, 4) is 11.4 Å². The van der Waals surface area contributed by atoms with E-state index in [1.165, 1.54) is 6.92 Å². The van der Waals surface area contributed by atoms with Crippen LogP contribution in [-0.2, 0) is 11.3 Å². The van der Waals surface area contributed by atoms with Gasteiger partial charge >= 0.3 is 0 Å². The van der Waals surface area contributed by atoms with Gasteiger partial charge in [-0.1, -0.05) is 23.7 Å². The first-order chi connectivity index (χ1) is 14.9. The molecule has 9 heteroatoms. The minimum Gasteiger partial charge on any atom is -0.497 e. The molecule has 1 amide bonds. The third-order valence-corrected chi connectivity index (χ3v) is 4.86. The molecule has 0 saturated carbocycles. The number of fused-ring (bicyclic) bond motifs is 3. The normalized spacial score (nSPS) is 11.8. The lowest BCUT2D eigenvalue weighted by atomic mass is 10.00. The fraction of sp³-hybridized carbons (Fsp3) is 0.273. The first kappa shape index (κ1) is 22.5. The van der Waals surface area contributed by atoms with Gasteiger partial charge in [-0.05, 0) is 37.3 Å². The van der Waals surface area contributed by atoms with Crippen molar-refractivity contribution in [3.63, 3.8) is 0 Å². The number of nitrogens with zero attached hydrogens (tertiary/aromatic N) is 4. The number of rotatable bonds is 4. The Bertz CT molecular complexity index is 1090. The summed E-state index contributed by atoms with van der Waals surface area (Å²) in [5, 5.41) is 11.7. The molecule has 3 N–H and O–H groups in total. The van der Waals surface area contributed by atoms with Crippen LogP contribution < -0.4 is 15.8 Å². The molecule has 0 aliphatic carbocycles. The standard InChI is InChI=1S/C18H15ClN4O.C4H10N2O/c1-11-21-22-17-10-20-18(12-3-5-13(19)6-4-12)15-9-14(24-2)7-8-16(15)23(11)17;1-4(7)6-3-2-5/h3-9H,10H2,1-2H3;2-3,5H2,1H3,(H,6,7). The van der Waals surface area contributed by atoms with Crippen LogP contribution in [0, 0.1) is 6.92 Å². The number of aryl methyl sites for hydroxylation is 1. The molecule has 0 unspecified atom stereocenters. The van der Waals surface area contributed by atoms with E-state index in [0.29, 0.717) is 24.7 Å². The molecule has 0 saturated heterocycles. The van der Waals surface area contributed by atoms with Gasteiger partial charge in [-0.15, -0.1) is 10.2 Å². The zero-order chi connectivity index (χ0) is 22.4. The molecule has 0 bridgehead atoms. The zero-order valence-corrected chi connectivity index (χ0v) is 18.5. The van der Waals surface area contributed by atoms with Gasteiger partial charge in [-0.2, -0.15) is 0 Å². The van der Waals surface area contributed by atoms with Crippen LogP contribution in [0.1, 0.15) is 29.7 Å². The first-order valence-electron chi connectivity index (χ1n) is 9.79. The molecule has 4 rings (SSSR count). The SMILES string of the molecule is CC(=O)NCCN.COc1ccc2c(c1)C(c1ccc(Cl)cc1)=NCc1nnc(C)n1-2. The third kappa shape index (κ3) is 5.28. The maximum Gasteiger partial charge on any atom is 0.216 e. The summed E-state index contributed by atoms with van der Waals surface area (Å²) in [5.74, 6) is 2.42. The third-order valence-electron chi connectivity index (χ3n) is 4.61. The zero-order valence-electron chi connectivity index (χ0n) is 17.7. The maximum absolute atomic E-state index is 10.0. The van der Waals surface area contributed by atoms with Crippen LogP contribution >= 0.6 is 11.6 Å². The van der Waals surface area contributed by atoms with Gasteiger partial charge in [0, 0.05) is 36.2 Å². The molecular weight excluding hydrogens is 416 g/mol. The Labute approximate surface area is 186 Å². The highest BCUT2D eigenvalue weighted by molar-refractivity contribution is 6.30. The monoisotopic (exact) mass is 440 g/mol. The molecule has 8 nitrogen and oxygen atoms in total. The van der Waals surface area contributed by atoms with E-state index in [9.17, 15) is 4.79 Å². The van der Waals surface area contributed by atoms with Crippen molar-refractivity contribution in [2.45, 2.75) is 20.4 Å². The summed E-state index contributed by atoms with van der Waals surface area (Å²) in [4.78, 5) is 14.8. The first-order valence-corrected chi connectivity index (χ1v) is 10.2. The number of ether oxygens (including phenoxy) is 1. The minimum absolute atomic E-state index is 0.0227. The largest absolute Gasteiger partial charge is 0.497 e. The van der Waals surface area contributed by atoms with Gasteiger partial charge in [0.2, 0.25) is 5.91 Å². The highest BCUT2D eigenvalue weighted by Gasteiger charge is 2.22. The van der Waals surface area contributed by atoms with E-state index in [0.717, 1.165) is 39.9 Å². The molecule has 3 aromatic rings. The van der Waals surface area contributed by atoms with Crippen LogP contribution in [0.4, 0.5) is 0 Å². The molecule has 31 heavy (non-hydrogen) atoms. The van der Waals surface area contributed by atoms with Crippen LogP contribution in [0.2, 0.25) is 5.02 Å². The van der Waals surface area contributed by atoms with E-state index in [4.69, 9.17) is 27.1 Å². The number of carbonyl (C=O) groups is 1. The fourth-order valence-electron chi connectivity index (χ4n) is 3.19. The lowest BCUT2D eigenvalue weighted by Gasteiger charge is -2.14. The molecule has 2 aromatic carbocycles. The lowest BCUT2D eigenvalue weighted by molar-refractivity contribution is -0.118. The van der Waals surface area contributed by atoms with Crippen LogP contribution in [0.25, 0.3) is 5.69 Å². The number of hydrogen-bond donors (Lipinski definition) is 2. The van der Waals surface area contributed by atoms with Crippen molar-refractivity contribution in [3.05, 3.63) is 70.3 Å². The number of halogens is 1. The Morgan fingerprint density at radius 1 is 1.23 bits per heavy atom. The second-order valence-electron chi connectivity index (χ2n) is 6.83. The predicted molar refractivity (Wildman–Crippen MR) is 121 cm³/mol. The van der Waals surface area contributed by atoms with E-state index in [1.807, 2.05) is 54.0 Å². The molecule has 1 aliphatic rings. The highest BCUT2D eigenvalue weighted by atomic mass is 35.5. The number of nitrogens with one attached hydrogen (secondary N) is 1. The van der Waals surface area contributed by atoms with Crippen molar-refractivity contribution in [2.24, 2.45) is 10.7 Å². The fourth-order valence-corrected chi connectivity index (χ4v) is 3.31. The van der Waals surface area contributed by atoms with Gasteiger partial charge in [0.15, 0.2) is 5.82 Å². The molecule has 0 radical (unpaired) electrons. The molecule has 1 aromatic heterocycles. The maximum atomic E-state index is 10.0. The molecule has 0 fully saturated rings. The van der Waals surface area contributed by atoms with E-state index in [1.54, 1.807) is 7.11 Å². The Morgan fingerprint density at radius 2 is 1.97 bits per heavy atom. The molecule has 0 spiro atoms. The Kier molecular flexibility index (Phi) is 7.38. The average Bonchev–Trinajstić information content (AvgIpc) is 3.05. The second kappa shape index (κ2) is 10.2. The van der Waals surface area contributed by atoms with E-state index in [-0.39, 0.29) is 5.91 Å². The summed E-state index contributed by atoms with van der Waals surface area (Å²) < 4.78 is 7.45. The van der Waals surface area contributed by atoms with Crippen LogP contribution in [0.5, 0.6) is 5.75 Å². The number of methoxy groups -OCH3 is 1. The summed E-state index contributed by atoms with van der Waals surface area (Å²) in [6.07, 6.45) is 0. The topological polar surface area (TPSA) is 107 Å². The van der Waals surface area contributed by atoms with Crippen molar-refractivity contribution >= 4 is 23.2 Å². The van der Waals surface area contributed by atoms with Crippen molar-refractivity contribution in [1.29, 1.82) is 0 Å². The number of amides is 1. The molecular formula is C22H25ClN6O2. The van der Waals surface area contributed by atoms with Crippen molar-refractivity contribution < 1.29 is 9.53 Å². The van der Waals surface area contributed by atoms with Gasteiger partial charge in [-0.3, -0.25) is 14.4 Å². The van der Waals surface area contributed by atoms with E-state index < -0.39 is 0 Å². The lowest BCUT2D eigenvalue weighted by Crippen LogP contribution is -2.26. The predicted octanol–water partition coefficient (Wildman–Crippen LogP) is 2.67. The van der Waals surface area contributed by atoms with Crippen LogP contribution in [0.15, 0.2) is 47.5 Å². The summed E-state index contributed by atoms with van der Waals surface area (Å²) in [6, 6.07) is 13.6. The molecule has 2 heterocycles. The summed E-state index contributed by atoms with van der Waals surface area (Å²) in [6.45, 7) is 4.97. The number of carbonyl (C=O) groups excluding carboxylic acids is 1. The number of aromatic nitrogens is 3. The summed E-state index contributed by atoms with van der Waals surface area (Å²) in [7, 11) is 1.66. The van der Waals surface area contributed by atoms with Gasteiger partial charge in [-0.25, -0.2) is 0 Å². The summed E-state index contributed by atoms with van der Waals surface area (Å²) >= 11 is 6.02. The van der Waals surface area contributed by atoms with Crippen LogP contribution in [0.3, 0.4) is 0 Å². The van der Waals surface area contributed by atoms with Crippen molar-refractivity contribution in [1.82, 2.24) is 20.1 Å². The van der Waals surface area contributed by atoms with E-state index in [2.05, 4.69) is 15.5 Å².